The second kappa shape index (κ2) is 5.40. The van der Waals surface area contributed by atoms with Crippen LogP contribution < -0.4 is 11.1 Å². The molecular weight excluding hydrogens is 320 g/mol. The number of pyridine rings is 1. The van der Waals surface area contributed by atoms with E-state index < -0.39 is 11.8 Å². The first-order chi connectivity index (χ1) is 11.0. The predicted octanol–water partition coefficient (Wildman–Crippen LogP) is 1.12. The highest BCUT2D eigenvalue weighted by Crippen LogP contribution is 2.23. The van der Waals surface area contributed by atoms with Gasteiger partial charge in [-0.25, -0.2) is 4.52 Å². The molecular formula is C14H13ClN6O2. The van der Waals surface area contributed by atoms with Crippen LogP contribution in [-0.2, 0) is 0 Å². The number of anilines is 1. The maximum atomic E-state index is 12.7. The third-order valence-corrected chi connectivity index (χ3v) is 3.77. The molecule has 0 unspecified atom stereocenters. The summed E-state index contributed by atoms with van der Waals surface area (Å²) in [6, 6.07) is 3.37. The molecule has 0 aliphatic heterocycles. The number of nitrogens with one attached hydrogen (secondary N) is 1. The second-order valence-corrected chi connectivity index (χ2v) is 5.26. The number of aryl methyl sites for hydroxylation is 1. The summed E-state index contributed by atoms with van der Waals surface area (Å²) in [6.07, 6.45) is 3.06. The van der Waals surface area contributed by atoms with Crippen LogP contribution in [0.15, 0.2) is 24.5 Å². The molecule has 0 saturated carbocycles. The number of amides is 1. The summed E-state index contributed by atoms with van der Waals surface area (Å²) in [6.45, 7) is 1.60. The van der Waals surface area contributed by atoms with E-state index in [0.29, 0.717) is 16.2 Å². The third kappa shape index (κ3) is 2.23. The SMILES string of the molecule is CNC(=O)c1c(C)nn(C(=O)c2cnn3cccc(Cl)c23)c1N. The van der Waals surface area contributed by atoms with Gasteiger partial charge in [-0.15, -0.1) is 0 Å². The Kier molecular flexibility index (Phi) is 3.53. The Balaban J connectivity index is 2.16. The fourth-order valence-corrected chi connectivity index (χ4v) is 2.64. The van der Waals surface area contributed by atoms with Crippen molar-refractivity contribution in [2.45, 2.75) is 6.92 Å². The first kappa shape index (κ1) is 15.0. The maximum Gasteiger partial charge on any atom is 0.283 e. The first-order valence-electron chi connectivity index (χ1n) is 6.69. The molecule has 0 aromatic carbocycles. The van der Waals surface area contributed by atoms with Crippen molar-refractivity contribution in [1.82, 2.24) is 24.7 Å². The third-order valence-electron chi connectivity index (χ3n) is 3.46. The number of nitrogens with two attached hydrogens (primary N) is 1. The lowest BCUT2D eigenvalue weighted by atomic mass is 10.2. The van der Waals surface area contributed by atoms with E-state index in [-0.39, 0.29) is 16.9 Å². The number of hydrogen-bond acceptors (Lipinski definition) is 5. The Labute approximate surface area is 135 Å². The Morgan fingerprint density at radius 1 is 1.39 bits per heavy atom. The molecule has 0 spiro atoms. The van der Waals surface area contributed by atoms with Gasteiger partial charge in [0.15, 0.2) is 0 Å². The van der Waals surface area contributed by atoms with Gasteiger partial charge in [0.1, 0.15) is 11.4 Å². The molecule has 0 fully saturated rings. The van der Waals surface area contributed by atoms with E-state index in [9.17, 15) is 9.59 Å². The monoisotopic (exact) mass is 332 g/mol. The molecule has 0 aliphatic carbocycles. The van der Waals surface area contributed by atoms with Gasteiger partial charge in [-0.1, -0.05) is 11.6 Å². The van der Waals surface area contributed by atoms with Crippen molar-refractivity contribution in [2.75, 3.05) is 12.8 Å². The molecule has 0 bridgehead atoms. The highest BCUT2D eigenvalue weighted by atomic mass is 35.5. The number of carbonyl (C=O) groups is 2. The van der Waals surface area contributed by atoms with E-state index in [1.807, 2.05) is 0 Å². The molecule has 3 heterocycles. The molecule has 3 rings (SSSR count). The topological polar surface area (TPSA) is 107 Å². The van der Waals surface area contributed by atoms with E-state index in [1.54, 1.807) is 25.3 Å². The zero-order valence-electron chi connectivity index (χ0n) is 12.4. The van der Waals surface area contributed by atoms with Gasteiger partial charge in [-0.05, 0) is 19.1 Å². The molecule has 3 aromatic heterocycles. The largest absolute Gasteiger partial charge is 0.383 e. The average Bonchev–Trinajstić information content (AvgIpc) is 3.08. The highest BCUT2D eigenvalue weighted by Gasteiger charge is 2.25. The minimum absolute atomic E-state index is 0.0294. The van der Waals surface area contributed by atoms with Crippen LogP contribution in [-0.4, -0.2) is 38.3 Å². The average molecular weight is 333 g/mol. The van der Waals surface area contributed by atoms with Gasteiger partial charge in [0.2, 0.25) is 0 Å². The van der Waals surface area contributed by atoms with E-state index >= 15 is 0 Å². The van der Waals surface area contributed by atoms with Gasteiger partial charge in [-0.2, -0.15) is 14.9 Å². The molecule has 3 aromatic rings. The molecule has 8 nitrogen and oxygen atoms in total. The van der Waals surface area contributed by atoms with E-state index in [4.69, 9.17) is 17.3 Å². The maximum absolute atomic E-state index is 12.7. The number of nitrogens with zero attached hydrogens (tertiary/aromatic N) is 4. The van der Waals surface area contributed by atoms with E-state index in [0.717, 1.165) is 4.68 Å². The fourth-order valence-electron chi connectivity index (χ4n) is 2.38. The standard InChI is InChI=1S/C14H13ClN6O2/c1-7-10(13(22)17-2)12(16)21(19-7)14(23)8-6-18-20-5-3-4-9(15)11(8)20/h3-6H,16H2,1-2H3,(H,17,22). The van der Waals surface area contributed by atoms with Gasteiger partial charge in [0.05, 0.1) is 28.0 Å². The number of hydrogen-bond donors (Lipinski definition) is 2. The van der Waals surface area contributed by atoms with Crippen LogP contribution in [0, 0.1) is 6.92 Å². The van der Waals surface area contributed by atoms with Crippen LogP contribution in [0.3, 0.4) is 0 Å². The van der Waals surface area contributed by atoms with Crippen molar-refractivity contribution >= 4 is 34.7 Å². The predicted molar refractivity (Wildman–Crippen MR) is 84.7 cm³/mol. The number of halogens is 1. The van der Waals surface area contributed by atoms with Crippen LogP contribution >= 0.6 is 11.6 Å². The van der Waals surface area contributed by atoms with Crippen molar-refractivity contribution in [2.24, 2.45) is 0 Å². The quantitative estimate of drug-likeness (QED) is 0.731. The molecule has 0 atom stereocenters. The lowest BCUT2D eigenvalue weighted by Crippen LogP contribution is -2.21. The molecule has 0 aliphatic rings. The van der Waals surface area contributed by atoms with Gasteiger partial charge >= 0.3 is 0 Å². The lowest BCUT2D eigenvalue weighted by Gasteiger charge is -2.03. The Morgan fingerprint density at radius 2 is 2.13 bits per heavy atom. The summed E-state index contributed by atoms with van der Waals surface area (Å²) in [4.78, 5) is 24.6. The van der Waals surface area contributed by atoms with E-state index in [2.05, 4.69) is 15.5 Å². The lowest BCUT2D eigenvalue weighted by molar-refractivity contribution is 0.0949. The smallest absolute Gasteiger partial charge is 0.283 e. The van der Waals surface area contributed by atoms with Crippen LogP contribution in [0.2, 0.25) is 5.02 Å². The van der Waals surface area contributed by atoms with E-state index in [1.165, 1.54) is 17.8 Å². The first-order valence-corrected chi connectivity index (χ1v) is 7.07. The number of fused-ring (bicyclic) bond motifs is 1. The van der Waals surface area contributed by atoms with Crippen molar-refractivity contribution in [3.05, 3.63) is 46.4 Å². The summed E-state index contributed by atoms with van der Waals surface area (Å²) in [5, 5.41) is 11.0. The van der Waals surface area contributed by atoms with Gasteiger partial charge in [0, 0.05) is 13.2 Å². The molecule has 9 heteroatoms. The molecule has 23 heavy (non-hydrogen) atoms. The number of nitrogen functional groups attached to an aromatic ring is 1. The Bertz CT molecular complexity index is 942. The molecule has 118 valence electrons. The van der Waals surface area contributed by atoms with Crippen LogP contribution in [0.1, 0.15) is 26.4 Å². The second-order valence-electron chi connectivity index (χ2n) is 4.85. The number of rotatable bonds is 2. The van der Waals surface area contributed by atoms with Crippen LogP contribution in [0.25, 0.3) is 5.52 Å². The molecule has 0 saturated heterocycles. The van der Waals surface area contributed by atoms with Crippen molar-refractivity contribution in [3.8, 4) is 0 Å². The molecule has 3 N–H and O–H groups in total. The van der Waals surface area contributed by atoms with Crippen molar-refractivity contribution < 1.29 is 9.59 Å². The minimum Gasteiger partial charge on any atom is -0.383 e. The summed E-state index contributed by atoms with van der Waals surface area (Å²) in [5.74, 6) is -0.945. The van der Waals surface area contributed by atoms with Crippen LogP contribution in [0.5, 0.6) is 0 Å². The molecule has 1 amide bonds. The fraction of sp³-hybridized carbons (Fsp3) is 0.143. The summed E-state index contributed by atoms with van der Waals surface area (Å²) in [5.41, 5.74) is 7.15. The number of carbonyl (C=O) groups excluding carboxylic acids is 2. The molecule has 0 radical (unpaired) electrons. The van der Waals surface area contributed by atoms with Crippen molar-refractivity contribution in [3.63, 3.8) is 0 Å². The normalized spacial score (nSPS) is 10.9. The van der Waals surface area contributed by atoms with Gasteiger partial charge in [-0.3, -0.25) is 9.59 Å². The minimum atomic E-state index is -0.510. The summed E-state index contributed by atoms with van der Waals surface area (Å²) in [7, 11) is 1.48. The number of aromatic nitrogens is 4. The highest BCUT2D eigenvalue weighted by molar-refractivity contribution is 6.34. The summed E-state index contributed by atoms with van der Waals surface area (Å²) < 4.78 is 2.47. The zero-order chi connectivity index (χ0) is 16.7. The van der Waals surface area contributed by atoms with Crippen molar-refractivity contribution in [1.29, 1.82) is 0 Å². The van der Waals surface area contributed by atoms with Gasteiger partial charge < -0.3 is 11.1 Å². The zero-order valence-corrected chi connectivity index (χ0v) is 13.1. The van der Waals surface area contributed by atoms with Gasteiger partial charge in [0.25, 0.3) is 11.8 Å². The van der Waals surface area contributed by atoms with Crippen LogP contribution in [0.4, 0.5) is 5.82 Å². The Morgan fingerprint density at radius 3 is 2.83 bits per heavy atom. The summed E-state index contributed by atoms with van der Waals surface area (Å²) >= 11 is 6.15. The Hall–Kier alpha value is -2.87.